The predicted octanol–water partition coefficient (Wildman–Crippen LogP) is 3.32. The lowest BCUT2D eigenvalue weighted by atomic mass is 10.1. The molecule has 0 unspecified atom stereocenters. The fourth-order valence-electron chi connectivity index (χ4n) is 1.43. The molecule has 0 spiro atoms. The summed E-state index contributed by atoms with van der Waals surface area (Å²) in [7, 11) is 0. The first-order chi connectivity index (χ1) is 7.39. The molecule has 0 atom stereocenters. The molecule has 0 aromatic heterocycles. The summed E-state index contributed by atoms with van der Waals surface area (Å²) in [6.45, 7) is -0.207. The third kappa shape index (κ3) is 1.80. The number of hydrogen-bond acceptors (Lipinski definition) is 2. The first kappa shape index (κ1) is 11.1. The summed E-state index contributed by atoms with van der Waals surface area (Å²) in [5, 5.41) is 0.291. The van der Waals surface area contributed by atoms with Crippen molar-refractivity contribution in [2.45, 2.75) is 12.9 Å². The van der Waals surface area contributed by atoms with Crippen LogP contribution < -0.4 is 4.90 Å². The first-order valence-electron chi connectivity index (χ1n) is 4.22. The minimum atomic E-state index is -4.81. The van der Waals surface area contributed by atoms with Gasteiger partial charge in [-0.1, -0.05) is 11.6 Å². The number of benzene rings is 1. The average molecular weight is 252 g/mol. The number of carbonyl (C=O) groups is 1. The van der Waals surface area contributed by atoms with E-state index >= 15 is 0 Å². The van der Waals surface area contributed by atoms with E-state index in [0.717, 1.165) is 6.07 Å². The van der Waals surface area contributed by atoms with E-state index in [1.165, 1.54) is 12.1 Å². The molecule has 1 aliphatic heterocycles. The topological polar surface area (TPSA) is 29.5 Å². The van der Waals surface area contributed by atoms with Gasteiger partial charge >= 0.3 is 12.4 Å². The van der Waals surface area contributed by atoms with E-state index in [1.807, 2.05) is 0 Å². The Morgan fingerprint density at radius 2 is 2.06 bits per heavy atom. The fraction of sp³-hybridized carbons (Fsp3) is 0.222. The molecule has 0 saturated carbocycles. The number of nitrogens with zero attached hydrogens (tertiary/aromatic N) is 1. The molecule has 0 aliphatic carbocycles. The average Bonchev–Trinajstić information content (AvgIpc) is 2.16. The largest absolute Gasteiger partial charge is 0.494 e. The smallest absolute Gasteiger partial charge is 0.444 e. The third-order valence-electron chi connectivity index (χ3n) is 2.07. The second-order valence-corrected chi connectivity index (χ2v) is 3.57. The highest BCUT2D eigenvalue weighted by atomic mass is 35.5. The van der Waals surface area contributed by atoms with Gasteiger partial charge in [-0.05, 0) is 18.2 Å². The van der Waals surface area contributed by atoms with Crippen LogP contribution in [0.3, 0.4) is 0 Å². The second-order valence-electron chi connectivity index (χ2n) is 3.13. The van der Waals surface area contributed by atoms with Gasteiger partial charge in [0.1, 0.15) is 6.61 Å². The van der Waals surface area contributed by atoms with Gasteiger partial charge in [-0.25, -0.2) is 4.79 Å². The number of ether oxygens (including phenoxy) is 1. The van der Waals surface area contributed by atoms with Gasteiger partial charge in [0.25, 0.3) is 0 Å². The van der Waals surface area contributed by atoms with E-state index in [0.29, 0.717) is 5.02 Å². The number of halogens is 4. The number of amides is 1. The van der Waals surface area contributed by atoms with Crippen molar-refractivity contribution in [2.24, 2.45) is 0 Å². The van der Waals surface area contributed by atoms with Crippen LogP contribution in [0.15, 0.2) is 18.2 Å². The quantitative estimate of drug-likeness (QED) is 0.662. The predicted molar refractivity (Wildman–Crippen MR) is 50.2 cm³/mol. The molecular formula is C9H5ClF3NO2. The molecule has 1 amide bonds. The molecule has 1 heterocycles. The van der Waals surface area contributed by atoms with E-state index in [-0.39, 0.29) is 22.8 Å². The Balaban J connectivity index is 2.53. The van der Waals surface area contributed by atoms with E-state index < -0.39 is 12.4 Å². The maximum absolute atomic E-state index is 12.6. The van der Waals surface area contributed by atoms with Crippen LogP contribution in [0.2, 0.25) is 5.02 Å². The van der Waals surface area contributed by atoms with Crippen LogP contribution in [0.25, 0.3) is 0 Å². The van der Waals surface area contributed by atoms with Gasteiger partial charge in [-0.15, -0.1) is 13.2 Å². The number of hydrogen-bond donors (Lipinski definition) is 0. The molecule has 16 heavy (non-hydrogen) atoms. The van der Waals surface area contributed by atoms with Crippen molar-refractivity contribution in [2.75, 3.05) is 4.90 Å². The van der Waals surface area contributed by atoms with Gasteiger partial charge in [-0.3, -0.25) is 0 Å². The molecule has 0 fully saturated rings. The van der Waals surface area contributed by atoms with E-state index in [1.54, 1.807) is 0 Å². The molecule has 0 saturated heterocycles. The molecule has 0 radical (unpaired) electrons. The van der Waals surface area contributed by atoms with Crippen LogP contribution in [-0.2, 0) is 11.3 Å². The molecule has 0 bridgehead atoms. The lowest BCUT2D eigenvalue weighted by molar-refractivity contribution is -0.126. The fourth-order valence-corrected chi connectivity index (χ4v) is 1.63. The maximum Gasteiger partial charge on any atom is 0.494 e. The molecule has 7 heteroatoms. The monoisotopic (exact) mass is 251 g/mol. The lowest BCUT2D eigenvalue weighted by Crippen LogP contribution is -2.46. The standard InChI is InChI=1S/C9H5ClF3NO2/c10-6-1-2-7-5(3-6)4-16-8(15)14(7)9(11,12)13/h1-3H,4H2. The van der Waals surface area contributed by atoms with Crippen molar-refractivity contribution in [3.8, 4) is 0 Å². The summed E-state index contributed by atoms with van der Waals surface area (Å²) in [5.74, 6) is 0. The summed E-state index contributed by atoms with van der Waals surface area (Å²) in [5.41, 5.74) is -0.0161. The summed E-state index contributed by atoms with van der Waals surface area (Å²) < 4.78 is 42.1. The number of rotatable bonds is 0. The van der Waals surface area contributed by atoms with Crippen LogP contribution >= 0.6 is 11.6 Å². The molecule has 1 aromatic rings. The van der Waals surface area contributed by atoms with Crippen LogP contribution in [0.5, 0.6) is 0 Å². The van der Waals surface area contributed by atoms with Crippen molar-refractivity contribution in [3.05, 3.63) is 28.8 Å². The zero-order valence-electron chi connectivity index (χ0n) is 7.71. The Morgan fingerprint density at radius 3 is 2.69 bits per heavy atom. The van der Waals surface area contributed by atoms with E-state index in [2.05, 4.69) is 4.74 Å². The van der Waals surface area contributed by atoms with Crippen molar-refractivity contribution in [3.63, 3.8) is 0 Å². The Kier molecular flexibility index (Phi) is 2.46. The normalized spacial score (nSPS) is 15.8. The van der Waals surface area contributed by atoms with Crippen molar-refractivity contribution in [1.29, 1.82) is 0 Å². The summed E-state index contributed by atoms with van der Waals surface area (Å²) in [4.78, 5) is 10.7. The molecule has 86 valence electrons. The Bertz CT molecular complexity index is 447. The number of anilines is 1. The maximum atomic E-state index is 12.6. The third-order valence-corrected chi connectivity index (χ3v) is 2.30. The molecular weight excluding hydrogens is 247 g/mol. The van der Waals surface area contributed by atoms with Gasteiger partial charge in [0.15, 0.2) is 0 Å². The zero-order valence-corrected chi connectivity index (χ0v) is 8.47. The Morgan fingerprint density at radius 1 is 1.38 bits per heavy atom. The Hall–Kier alpha value is -1.43. The minimum Gasteiger partial charge on any atom is -0.444 e. The van der Waals surface area contributed by atoms with Crippen LogP contribution in [0.1, 0.15) is 5.56 Å². The Labute approximate surface area is 93.4 Å². The number of cyclic esters (lactones) is 1. The molecule has 0 N–H and O–H groups in total. The highest BCUT2D eigenvalue weighted by Crippen LogP contribution is 2.36. The first-order valence-corrected chi connectivity index (χ1v) is 4.59. The van der Waals surface area contributed by atoms with Crippen LogP contribution in [0, 0.1) is 0 Å². The number of carbonyl (C=O) groups excluding carboxylic acids is 1. The highest BCUT2D eigenvalue weighted by Gasteiger charge is 2.46. The molecule has 1 aliphatic rings. The van der Waals surface area contributed by atoms with Gasteiger partial charge < -0.3 is 4.74 Å². The molecule has 1 aromatic carbocycles. The van der Waals surface area contributed by atoms with Gasteiger partial charge in [0.2, 0.25) is 0 Å². The van der Waals surface area contributed by atoms with E-state index in [4.69, 9.17) is 11.6 Å². The molecule has 3 nitrogen and oxygen atoms in total. The van der Waals surface area contributed by atoms with Crippen LogP contribution in [0.4, 0.5) is 23.7 Å². The van der Waals surface area contributed by atoms with Gasteiger partial charge in [0, 0.05) is 10.6 Å². The number of alkyl halides is 3. The summed E-state index contributed by atoms with van der Waals surface area (Å²) >= 11 is 5.63. The number of fused-ring (bicyclic) bond motifs is 1. The minimum absolute atomic E-state index is 0.207. The summed E-state index contributed by atoms with van der Waals surface area (Å²) in [6.07, 6.45) is -6.23. The van der Waals surface area contributed by atoms with Crippen molar-refractivity contribution >= 4 is 23.4 Å². The summed E-state index contributed by atoms with van der Waals surface area (Å²) in [6, 6.07) is 3.77. The second kappa shape index (κ2) is 3.55. The highest BCUT2D eigenvalue weighted by molar-refractivity contribution is 6.30. The van der Waals surface area contributed by atoms with E-state index in [9.17, 15) is 18.0 Å². The van der Waals surface area contributed by atoms with Crippen LogP contribution in [-0.4, -0.2) is 12.4 Å². The molecule has 2 rings (SSSR count). The van der Waals surface area contributed by atoms with Gasteiger partial charge in [0.05, 0.1) is 5.69 Å². The van der Waals surface area contributed by atoms with Crippen molar-refractivity contribution < 1.29 is 22.7 Å². The SMILES string of the molecule is O=C1OCc2cc(Cl)ccc2N1C(F)(F)F. The van der Waals surface area contributed by atoms with Gasteiger partial charge in [-0.2, -0.15) is 4.90 Å². The lowest BCUT2D eigenvalue weighted by Gasteiger charge is -2.30. The van der Waals surface area contributed by atoms with Crippen molar-refractivity contribution in [1.82, 2.24) is 0 Å². The zero-order chi connectivity index (χ0) is 11.9.